The number of piperidine rings is 1. The van der Waals surface area contributed by atoms with Crippen molar-refractivity contribution in [2.45, 2.75) is 25.9 Å². The minimum Gasteiger partial charge on any atom is -0.493 e. The summed E-state index contributed by atoms with van der Waals surface area (Å²) in [6.45, 7) is 2.57. The maximum Gasteiger partial charge on any atom is 0.175 e. The first-order valence-corrected chi connectivity index (χ1v) is 9.39. The van der Waals surface area contributed by atoms with Crippen molar-refractivity contribution < 1.29 is 9.47 Å². The molecule has 4 nitrogen and oxygen atoms in total. The van der Waals surface area contributed by atoms with Gasteiger partial charge in [0.25, 0.3) is 0 Å². The molecule has 0 atom stereocenters. The second-order valence-corrected chi connectivity index (χ2v) is 6.92. The van der Waals surface area contributed by atoms with E-state index in [9.17, 15) is 0 Å². The zero-order chi connectivity index (χ0) is 17.5. The van der Waals surface area contributed by atoms with Crippen LogP contribution in [0.1, 0.15) is 30.4 Å². The molecule has 5 heteroatoms. The molecule has 2 aromatic rings. The van der Waals surface area contributed by atoms with E-state index in [2.05, 4.69) is 26.0 Å². The molecule has 1 heterocycles. The summed E-state index contributed by atoms with van der Waals surface area (Å²) in [6.07, 6.45) is 5.63. The summed E-state index contributed by atoms with van der Waals surface area (Å²) in [5, 5.41) is 6.71. The summed E-state index contributed by atoms with van der Waals surface area (Å²) in [6, 6.07) is 14.1. The number of rotatable bonds is 6. The molecule has 1 aliphatic rings. The Labute approximate surface area is 157 Å². The van der Waals surface area contributed by atoms with Crippen LogP contribution in [0, 0.1) is 0 Å². The van der Waals surface area contributed by atoms with Crippen LogP contribution in [0.5, 0.6) is 11.5 Å². The van der Waals surface area contributed by atoms with E-state index in [1.54, 1.807) is 7.11 Å². The number of benzene rings is 2. The lowest BCUT2D eigenvalue weighted by Gasteiger charge is -2.23. The monoisotopic (exact) mass is 402 g/mol. The van der Waals surface area contributed by atoms with Gasteiger partial charge in [-0.15, -0.1) is 0 Å². The second kappa shape index (κ2) is 8.90. The van der Waals surface area contributed by atoms with Gasteiger partial charge in [-0.2, -0.15) is 5.10 Å². The van der Waals surface area contributed by atoms with E-state index >= 15 is 0 Å². The van der Waals surface area contributed by atoms with Gasteiger partial charge in [0, 0.05) is 13.1 Å². The van der Waals surface area contributed by atoms with Crippen molar-refractivity contribution in [3.63, 3.8) is 0 Å². The fourth-order valence-corrected chi connectivity index (χ4v) is 3.40. The number of hydrazone groups is 1. The highest BCUT2D eigenvalue weighted by Gasteiger charge is 2.12. The van der Waals surface area contributed by atoms with Crippen molar-refractivity contribution in [1.82, 2.24) is 5.01 Å². The lowest BCUT2D eigenvalue weighted by Crippen LogP contribution is -2.24. The summed E-state index contributed by atoms with van der Waals surface area (Å²) in [7, 11) is 1.66. The smallest absolute Gasteiger partial charge is 0.175 e. The lowest BCUT2D eigenvalue weighted by molar-refractivity contribution is 0.240. The summed E-state index contributed by atoms with van der Waals surface area (Å²) >= 11 is 3.60. The van der Waals surface area contributed by atoms with Crippen LogP contribution >= 0.6 is 15.9 Å². The Balaban J connectivity index is 1.72. The molecular weight excluding hydrogens is 380 g/mol. The number of halogens is 1. The molecule has 132 valence electrons. The third kappa shape index (κ3) is 4.98. The van der Waals surface area contributed by atoms with Crippen LogP contribution in [0.2, 0.25) is 0 Å². The highest BCUT2D eigenvalue weighted by molar-refractivity contribution is 9.10. The quantitative estimate of drug-likeness (QED) is 0.647. The molecule has 3 rings (SSSR count). The lowest BCUT2D eigenvalue weighted by atomic mass is 10.2. The Bertz CT molecular complexity index is 713. The first-order valence-electron chi connectivity index (χ1n) is 8.59. The molecule has 0 bridgehead atoms. The summed E-state index contributed by atoms with van der Waals surface area (Å²) in [4.78, 5) is 0. The number of hydrogen-bond donors (Lipinski definition) is 0. The molecule has 25 heavy (non-hydrogen) atoms. The predicted molar refractivity (Wildman–Crippen MR) is 104 cm³/mol. The molecular formula is C20H23BrN2O2. The van der Waals surface area contributed by atoms with Crippen LogP contribution in [0.3, 0.4) is 0 Å². The highest BCUT2D eigenvalue weighted by atomic mass is 79.9. The largest absolute Gasteiger partial charge is 0.493 e. The third-order valence-corrected chi connectivity index (χ3v) is 4.77. The van der Waals surface area contributed by atoms with Crippen molar-refractivity contribution in [3.05, 3.63) is 58.1 Å². The Morgan fingerprint density at radius 3 is 2.60 bits per heavy atom. The summed E-state index contributed by atoms with van der Waals surface area (Å²) < 4.78 is 12.3. The van der Waals surface area contributed by atoms with Gasteiger partial charge in [-0.05, 0) is 58.5 Å². The van der Waals surface area contributed by atoms with E-state index < -0.39 is 0 Å². The Kier molecular flexibility index (Phi) is 6.34. The maximum absolute atomic E-state index is 5.97. The normalized spacial score (nSPS) is 14.7. The number of ether oxygens (including phenoxy) is 2. The molecule has 1 saturated heterocycles. The molecule has 1 fully saturated rings. The molecule has 0 spiro atoms. The van der Waals surface area contributed by atoms with E-state index in [-0.39, 0.29) is 0 Å². The summed E-state index contributed by atoms with van der Waals surface area (Å²) in [5.74, 6) is 1.41. The SMILES string of the molecule is COc1cc(/C=N\N2CCCCC2)cc(Br)c1OCc1ccccc1. The van der Waals surface area contributed by atoms with Gasteiger partial charge in [-0.25, -0.2) is 0 Å². The van der Waals surface area contributed by atoms with E-state index in [1.807, 2.05) is 48.7 Å². The zero-order valence-electron chi connectivity index (χ0n) is 14.5. The van der Waals surface area contributed by atoms with Gasteiger partial charge in [0.05, 0.1) is 17.8 Å². The van der Waals surface area contributed by atoms with Gasteiger partial charge >= 0.3 is 0 Å². The molecule has 0 aliphatic carbocycles. The van der Waals surface area contributed by atoms with Crippen LogP contribution < -0.4 is 9.47 Å². The van der Waals surface area contributed by atoms with Gasteiger partial charge < -0.3 is 9.47 Å². The average molecular weight is 403 g/mol. The Morgan fingerprint density at radius 1 is 1.12 bits per heavy atom. The molecule has 0 unspecified atom stereocenters. The molecule has 0 aromatic heterocycles. The van der Waals surface area contributed by atoms with Gasteiger partial charge in [-0.1, -0.05) is 30.3 Å². The van der Waals surface area contributed by atoms with Crippen LogP contribution in [0.4, 0.5) is 0 Å². The first-order chi connectivity index (χ1) is 12.3. The van der Waals surface area contributed by atoms with Crippen molar-refractivity contribution in [1.29, 1.82) is 0 Å². The van der Waals surface area contributed by atoms with E-state index in [0.29, 0.717) is 18.1 Å². The minimum atomic E-state index is 0.497. The first kappa shape index (κ1) is 17.8. The fourth-order valence-electron chi connectivity index (χ4n) is 2.83. The van der Waals surface area contributed by atoms with E-state index in [4.69, 9.17) is 9.47 Å². The van der Waals surface area contributed by atoms with Crippen molar-refractivity contribution in [2.75, 3.05) is 20.2 Å². The molecule has 0 saturated carbocycles. The second-order valence-electron chi connectivity index (χ2n) is 6.07. The van der Waals surface area contributed by atoms with Crippen LogP contribution in [0.15, 0.2) is 52.0 Å². The molecule has 0 radical (unpaired) electrons. The Morgan fingerprint density at radius 2 is 1.88 bits per heavy atom. The van der Waals surface area contributed by atoms with E-state index in [1.165, 1.54) is 19.3 Å². The molecule has 2 aromatic carbocycles. The molecule has 0 amide bonds. The third-order valence-electron chi connectivity index (χ3n) is 4.18. The standard InChI is InChI=1S/C20H23BrN2O2/c1-24-19-13-17(14-22-23-10-6-3-7-11-23)12-18(21)20(19)25-15-16-8-4-2-5-9-16/h2,4-5,8-9,12-14H,3,6-7,10-11,15H2,1H3/b22-14-. The summed E-state index contributed by atoms with van der Waals surface area (Å²) in [5.41, 5.74) is 2.11. The Hall–Kier alpha value is -2.01. The maximum atomic E-state index is 5.97. The van der Waals surface area contributed by atoms with Crippen LogP contribution in [-0.4, -0.2) is 31.4 Å². The average Bonchev–Trinajstić information content (AvgIpc) is 2.66. The van der Waals surface area contributed by atoms with Gasteiger partial charge in [-0.3, -0.25) is 5.01 Å². The highest BCUT2D eigenvalue weighted by Crippen LogP contribution is 2.36. The van der Waals surface area contributed by atoms with Gasteiger partial charge in [0.2, 0.25) is 0 Å². The fraction of sp³-hybridized carbons (Fsp3) is 0.350. The van der Waals surface area contributed by atoms with Gasteiger partial charge in [0.1, 0.15) is 6.61 Å². The predicted octanol–water partition coefficient (Wildman–Crippen LogP) is 4.86. The zero-order valence-corrected chi connectivity index (χ0v) is 16.0. The van der Waals surface area contributed by atoms with Crippen LogP contribution in [-0.2, 0) is 6.61 Å². The van der Waals surface area contributed by atoms with Gasteiger partial charge in [0.15, 0.2) is 11.5 Å². The topological polar surface area (TPSA) is 34.1 Å². The number of methoxy groups -OCH3 is 1. The van der Waals surface area contributed by atoms with Crippen molar-refractivity contribution in [2.24, 2.45) is 5.10 Å². The van der Waals surface area contributed by atoms with Crippen molar-refractivity contribution in [3.8, 4) is 11.5 Å². The van der Waals surface area contributed by atoms with Crippen LogP contribution in [0.25, 0.3) is 0 Å². The minimum absolute atomic E-state index is 0.497. The number of nitrogens with zero attached hydrogens (tertiary/aromatic N) is 2. The molecule has 0 N–H and O–H groups in total. The van der Waals surface area contributed by atoms with Crippen molar-refractivity contribution >= 4 is 22.1 Å². The van der Waals surface area contributed by atoms with E-state index in [0.717, 1.165) is 28.7 Å². The number of hydrogen-bond acceptors (Lipinski definition) is 4. The molecule has 1 aliphatic heterocycles.